The summed E-state index contributed by atoms with van der Waals surface area (Å²) < 4.78 is 1.50. The van der Waals surface area contributed by atoms with E-state index in [9.17, 15) is 14.4 Å². The van der Waals surface area contributed by atoms with E-state index in [1.165, 1.54) is 25.7 Å². The molecule has 12 heteroatoms. The van der Waals surface area contributed by atoms with Gasteiger partial charge in [0, 0.05) is 65.9 Å². The predicted octanol–water partition coefficient (Wildman–Crippen LogP) is 5.79. The van der Waals surface area contributed by atoms with E-state index in [-0.39, 0.29) is 24.0 Å². The Morgan fingerprint density at radius 2 is 1.48 bits per heavy atom. The van der Waals surface area contributed by atoms with E-state index in [2.05, 4.69) is 47.4 Å². The van der Waals surface area contributed by atoms with E-state index in [0.717, 1.165) is 51.7 Å². The second-order valence-corrected chi connectivity index (χ2v) is 14.8. The van der Waals surface area contributed by atoms with E-state index < -0.39 is 6.04 Å². The Kier molecular flexibility index (Phi) is 10.7. The van der Waals surface area contributed by atoms with Crippen molar-refractivity contribution in [3.8, 4) is 0 Å². The number of benzene rings is 2. The number of carbonyl (C=O) groups excluding carboxylic acids is 3. The van der Waals surface area contributed by atoms with Crippen LogP contribution in [0.3, 0.4) is 0 Å². The molecule has 2 aromatic rings. The van der Waals surface area contributed by atoms with Crippen LogP contribution in [0.4, 0.5) is 21.0 Å². The lowest BCUT2D eigenvalue weighted by Crippen LogP contribution is -2.57. The van der Waals surface area contributed by atoms with Gasteiger partial charge in [0.2, 0.25) is 5.91 Å². The maximum Gasteiger partial charge on any atom is 0.322 e. The zero-order valence-corrected chi connectivity index (χ0v) is 29.5. The summed E-state index contributed by atoms with van der Waals surface area (Å²) in [4.78, 5) is 48.9. The summed E-state index contributed by atoms with van der Waals surface area (Å²) in [6.45, 7) is 5.32. The number of nitrogen functional groups attached to an aromatic ring is 1. The minimum absolute atomic E-state index is 0.0368. The Hall–Kier alpha value is -2.83. The molecular weight excluding hydrogens is 714 g/mol. The van der Waals surface area contributed by atoms with Crippen molar-refractivity contribution in [3.05, 3.63) is 56.5 Å². The van der Waals surface area contributed by atoms with Crippen molar-refractivity contribution in [2.75, 3.05) is 50.3 Å². The molecule has 3 saturated heterocycles. The second kappa shape index (κ2) is 14.9. The van der Waals surface area contributed by atoms with Crippen molar-refractivity contribution < 1.29 is 14.4 Å². The van der Waals surface area contributed by atoms with E-state index in [0.29, 0.717) is 63.7 Å². The lowest BCUT2D eigenvalue weighted by atomic mass is 9.99. The standard InChI is InChI=1S/C34H45Br2N7O3/c35-27-19-23(20-28(36)31(27)37)21-30(32(44)41-15-9-25(10-16-41)40-13-5-1-2-6-14-40)39-33(45)42-17-11-26(12-18-42)43-22-24-7-3-4-8-29(24)38-34(43)46/h3-4,7-8,19-20,25-26,30H,1-2,5-6,9-18,21-22,37H2,(H,38,46)(H,39,45)/t30-/m0/s1. The predicted molar refractivity (Wildman–Crippen MR) is 188 cm³/mol. The second-order valence-electron chi connectivity index (χ2n) is 13.1. The van der Waals surface area contributed by atoms with Gasteiger partial charge < -0.3 is 36.0 Å². The summed E-state index contributed by atoms with van der Waals surface area (Å²) in [5.41, 5.74) is 9.60. The van der Waals surface area contributed by atoms with E-state index in [1.807, 2.05) is 46.2 Å². The molecule has 0 saturated carbocycles. The minimum atomic E-state index is -0.702. The number of para-hydroxylation sites is 1. The molecule has 10 nitrogen and oxygen atoms in total. The first kappa shape index (κ1) is 33.1. The number of anilines is 2. The Bertz CT molecular complexity index is 1390. The highest BCUT2D eigenvalue weighted by atomic mass is 79.9. The maximum atomic E-state index is 14.1. The highest BCUT2D eigenvalue weighted by molar-refractivity contribution is 9.11. The number of urea groups is 2. The molecule has 0 radical (unpaired) electrons. The van der Waals surface area contributed by atoms with E-state index in [4.69, 9.17) is 5.73 Å². The molecule has 4 N–H and O–H groups in total. The number of nitrogens with two attached hydrogens (primary N) is 1. The number of hydrogen-bond donors (Lipinski definition) is 3. The molecule has 2 aromatic carbocycles. The van der Waals surface area contributed by atoms with Gasteiger partial charge in [0.1, 0.15) is 6.04 Å². The monoisotopic (exact) mass is 757 g/mol. The first-order chi connectivity index (χ1) is 22.3. The molecule has 5 amide bonds. The molecule has 0 aliphatic carbocycles. The fourth-order valence-corrected chi connectivity index (χ4v) is 8.74. The molecule has 3 fully saturated rings. The number of fused-ring (bicyclic) bond motifs is 1. The van der Waals surface area contributed by atoms with Crippen LogP contribution >= 0.6 is 31.9 Å². The Labute approximate surface area is 288 Å². The van der Waals surface area contributed by atoms with Crippen molar-refractivity contribution in [1.82, 2.24) is 24.9 Å². The van der Waals surface area contributed by atoms with Crippen LogP contribution in [-0.2, 0) is 17.8 Å². The van der Waals surface area contributed by atoms with Gasteiger partial charge in [0.05, 0.1) is 5.69 Å². The summed E-state index contributed by atoms with van der Waals surface area (Å²) >= 11 is 7.06. The molecule has 0 aromatic heterocycles. The highest BCUT2D eigenvalue weighted by Gasteiger charge is 2.35. The smallest absolute Gasteiger partial charge is 0.322 e. The number of hydrogen-bond acceptors (Lipinski definition) is 5. The number of piperidine rings is 2. The van der Waals surface area contributed by atoms with Crippen molar-refractivity contribution in [3.63, 3.8) is 0 Å². The summed E-state index contributed by atoms with van der Waals surface area (Å²) in [6.07, 6.45) is 8.80. The third kappa shape index (κ3) is 7.65. The number of halogens is 2. The molecule has 46 heavy (non-hydrogen) atoms. The average Bonchev–Trinajstić information content (AvgIpc) is 3.36. The summed E-state index contributed by atoms with van der Waals surface area (Å²) in [5.74, 6) is -0.0368. The molecule has 0 unspecified atom stereocenters. The van der Waals surface area contributed by atoms with Crippen LogP contribution < -0.4 is 16.4 Å². The number of carbonyl (C=O) groups is 3. The van der Waals surface area contributed by atoms with Crippen molar-refractivity contribution >= 4 is 61.2 Å². The third-order valence-electron chi connectivity index (χ3n) is 10.2. The van der Waals surface area contributed by atoms with Gasteiger partial charge in [-0.25, -0.2) is 9.59 Å². The lowest BCUT2D eigenvalue weighted by molar-refractivity contribution is -0.134. The van der Waals surface area contributed by atoms with Gasteiger partial charge in [-0.3, -0.25) is 4.79 Å². The van der Waals surface area contributed by atoms with Gasteiger partial charge in [0.25, 0.3) is 0 Å². The molecule has 0 spiro atoms. The number of nitrogens with one attached hydrogen (secondary N) is 2. The number of rotatable bonds is 6. The Balaban J connectivity index is 1.09. The minimum Gasteiger partial charge on any atom is -0.397 e. The maximum absolute atomic E-state index is 14.1. The first-order valence-corrected chi connectivity index (χ1v) is 18.3. The van der Waals surface area contributed by atoms with Crippen LogP contribution in [0, 0.1) is 0 Å². The van der Waals surface area contributed by atoms with Crippen LogP contribution in [-0.4, -0.2) is 95.0 Å². The van der Waals surface area contributed by atoms with Crippen LogP contribution in [0.5, 0.6) is 0 Å². The van der Waals surface area contributed by atoms with Crippen LogP contribution in [0.2, 0.25) is 0 Å². The van der Waals surface area contributed by atoms with E-state index >= 15 is 0 Å². The summed E-state index contributed by atoms with van der Waals surface area (Å²) in [7, 11) is 0. The summed E-state index contributed by atoms with van der Waals surface area (Å²) in [5, 5.41) is 6.12. The molecule has 1 atom stereocenters. The van der Waals surface area contributed by atoms with Gasteiger partial charge in [-0.05, 0) is 113 Å². The Morgan fingerprint density at radius 1 is 0.870 bits per heavy atom. The average molecular weight is 760 g/mol. The van der Waals surface area contributed by atoms with E-state index in [1.54, 1.807) is 4.90 Å². The zero-order chi connectivity index (χ0) is 32.2. The van der Waals surface area contributed by atoms with Crippen molar-refractivity contribution in [2.24, 2.45) is 0 Å². The van der Waals surface area contributed by atoms with Gasteiger partial charge >= 0.3 is 12.1 Å². The molecule has 4 aliphatic rings. The molecule has 4 heterocycles. The van der Waals surface area contributed by atoms with Crippen molar-refractivity contribution in [1.29, 1.82) is 0 Å². The van der Waals surface area contributed by atoms with Gasteiger partial charge in [0.15, 0.2) is 0 Å². The molecule has 0 bridgehead atoms. The summed E-state index contributed by atoms with van der Waals surface area (Å²) in [6, 6.07) is 11.3. The largest absolute Gasteiger partial charge is 0.397 e. The lowest BCUT2D eigenvalue weighted by Gasteiger charge is -2.41. The van der Waals surface area contributed by atoms with Crippen LogP contribution in [0.15, 0.2) is 45.3 Å². The van der Waals surface area contributed by atoms with Gasteiger partial charge in [-0.1, -0.05) is 31.0 Å². The van der Waals surface area contributed by atoms with Crippen LogP contribution in [0.25, 0.3) is 0 Å². The molecular formula is C34H45Br2N7O3. The fraction of sp³-hybridized carbons (Fsp3) is 0.559. The highest BCUT2D eigenvalue weighted by Crippen LogP contribution is 2.31. The molecule has 6 rings (SSSR count). The molecule has 4 aliphatic heterocycles. The first-order valence-electron chi connectivity index (χ1n) is 16.7. The van der Waals surface area contributed by atoms with Crippen molar-refractivity contribution in [2.45, 2.75) is 82.5 Å². The van der Waals surface area contributed by atoms with Gasteiger partial charge in [-0.15, -0.1) is 0 Å². The number of nitrogens with zero attached hydrogens (tertiary/aromatic N) is 4. The van der Waals surface area contributed by atoms with Crippen LogP contribution in [0.1, 0.15) is 62.5 Å². The molecule has 248 valence electrons. The number of likely N-dealkylation sites (tertiary alicyclic amines) is 3. The normalized spacial score (nSPS) is 20.9. The fourth-order valence-electron chi connectivity index (χ4n) is 7.46. The third-order valence-corrected chi connectivity index (χ3v) is 11.5. The number of amides is 5. The zero-order valence-electron chi connectivity index (χ0n) is 26.4. The quantitative estimate of drug-likeness (QED) is 0.323. The van der Waals surface area contributed by atoms with Gasteiger partial charge in [-0.2, -0.15) is 0 Å². The SMILES string of the molecule is Nc1c(Br)cc(C[C@H](NC(=O)N2CCC(N3Cc4ccccc4NC3=O)CC2)C(=O)N2CCC(N3CCCCCC3)CC2)cc1Br. The Morgan fingerprint density at radius 3 is 2.15 bits per heavy atom. The topological polar surface area (TPSA) is 114 Å².